The maximum atomic E-state index is 12.5. The first-order valence-electron chi connectivity index (χ1n) is 9.87. The van der Waals surface area contributed by atoms with Crippen molar-refractivity contribution < 1.29 is 4.79 Å². The second-order valence-electron chi connectivity index (χ2n) is 7.46. The quantitative estimate of drug-likeness (QED) is 0.538. The molecule has 0 saturated carbocycles. The van der Waals surface area contributed by atoms with Gasteiger partial charge in [0.25, 0.3) is 0 Å². The molecule has 0 fully saturated rings. The van der Waals surface area contributed by atoms with Gasteiger partial charge in [0.05, 0.1) is 6.54 Å². The molecule has 2 rings (SSSR count). The molecule has 0 aliphatic carbocycles. The molecule has 1 aliphatic rings. The van der Waals surface area contributed by atoms with E-state index in [1.807, 2.05) is 4.90 Å². The second kappa shape index (κ2) is 10.6. The molecule has 1 amide bonds. The largest absolute Gasteiger partial charge is 0.357 e. The normalized spacial score (nSPS) is 15.7. The Morgan fingerprint density at radius 2 is 2.15 bits per heavy atom. The van der Waals surface area contributed by atoms with E-state index < -0.39 is 0 Å². The molecule has 1 aromatic rings. The summed E-state index contributed by atoms with van der Waals surface area (Å²) in [5.41, 5.74) is 1.31. The average Bonchev–Trinajstić information content (AvgIpc) is 3.07. The Labute approximate surface area is 162 Å². The van der Waals surface area contributed by atoms with E-state index in [0.717, 1.165) is 38.4 Å². The highest BCUT2D eigenvalue weighted by molar-refractivity contribution is 7.10. The lowest BCUT2D eigenvalue weighted by Crippen LogP contribution is -2.42. The second-order valence-corrected chi connectivity index (χ2v) is 8.46. The maximum absolute atomic E-state index is 12.5. The standard InChI is InChI=1S/C20H34N4OS/c1-5-21-20(23-16(4)7-6-15(2)3)22-11-8-19(25)24-12-9-18-17(14-24)10-13-26-18/h10,13,15-16H,5-9,11-12,14H2,1-4H3,(H2,21,22,23). The molecular formula is C20H34N4OS. The minimum absolute atomic E-state index is 0.203. The van der Waals surface area contributed by atoms with Gasteiger partial charge in [-0.05, 0) is 56.0 Å². The molecule has 0 saturated heterocycles. The van der Waals surface area contributed by atoms with Crippen molar-refractivity contribution in [2.45, 2.75) is 66.0 Å². The van der Waals surface area contributed by atoms with Crippen molar-refractivity contribution in [3.8, 4) is 0 Å². The van der Waals surface area contributed by atoms with Crippen LogP contribution in [0.3, 0.4) is 0 Å². The smallest absolute Gasteiger partial charge is 0.224 e. The summed E-state index contributed by atoms with van der Waals surface area (Å²) in [6.07, 6.45) is 3.78. The molecule has 1 aromatic heterocycles. The van der Waals surface area contributed by atoms with Crippen LogP contribution in [0.4, 0.5) is 0 Å². The number of fused-ring (bicyclic) bond motifs is 1. The summed E-state index contributed by atoms with van der Waals surface area (Å²) in [5, 5.41) is 8.85. The van der Waals surface area contributed by atoms with Crippen LogP contribution in [0.5, 0.6) is 0 Å². The Balaban J connectivity index is 1.78. The van der Waals surface area contributed by atoms with E-state index in [-0.39, 0.29) is 5.91 Å². The fourth-order valence-electron chi connectivity index (χ4n) is 3.09. The zero-order valence-electron chi connectivity index (χ0n) is 16.7. The number of aliphatic imine (C=N–C) groups is 1. The van der Waals surface area contributed by atoms with Gasteiger partial charge in [0.15, 0.2) is 5.96 Å². The Morgan fingerprint density at radius 3 is 2.88 bits per heavy atom. The molecule has 146 valence electrons. The Kier molecular flexibility index (Phi) is 8.42. The molecule has 1 unspecified atom stereocenters. The topological polar surface area (TPSA) is 56.7 Å². The molecular weight excluding hydrogens is 344 g/mol. The van der Waals surface area contributed by atoms with Crippen LogP contribution in [-0.2, 0) is 17.8 Å². The van der Waals surface area contributed by atoms with Crippen molar-refractivity contribution in [1.82, 2.24) is 15.5 Å². The molecule has 2 N–H and O–H groups in total. The number of guanidine groups is 1. The van der Waals surface area contributed by atoms with Crippen molar-refractivity contribution in [3.63, 3.8) is 0 Å². The summed E-state index contributed by atoms with van der Waals surface area (Å²) in [4.78, 5) is 20.5. The van der Waals surface area contributed by atoms with Crippen molar-refractivity contribution >= 4 is 23.2 Å². The van der Waals surface area contributed by atoms with E-state index in [2.05, 4.69) is 54.8 Å². The molecule has 2 heterocycles. The molecule has 0 bridgehead atoms. The average molecular weight is 379 g/mol. The number of rotatable bonds is 8. The molecule has 1 atom stereocenters. The van der Waals surface area contributed by atoms with Gasteiger partial charge in [-0.2, -0.15) is 0 Å². The van der Waals surface area contributed by atoms with E-state index in [0.29, 0.717) is 24.9 Å². The van der Waals surface area contributed by atoms with Gasteiger partial charge < -0.3 is 15.5 Å². The van der Waals surface area contributed by atoms with Gasteiger partial charge in [-0.1, -0.05) is 13.8 Å². The van der Waals surface area contributed by atoms with Crippen LogP contribution in [0.1, 0.15) is 57.4 Å². The minimum Gasteiger partial charge on any atom is -0.357 e. The molecule has 5 nitrogen and oxygen atoms in total. The first-order valence-corrected chi connectivity index (χ1v) is 10.8. The number of carbonyl (C=O) groups is 1. The van der Waals surface area contributed by atoms with Gasteiger partial charge in [0, 0.05) is 37.0 Å². The predicted molar refractivity (Wildman–Crippen MR) is 111 cm³/mol. The number of hydrogen-bond donors (Lipinski definition) is 2. The van der Waals surface area contributed by atoms with Crippen molar-refractivity contribution in [1.29, 1.82) is 0 Å². The fraction of sp³-hybridized carbons (Fsp3) is 0.700. The lowest BCUT2D eigenvalue weighted by atomic mass is 10.0. The zero-order chi connectivity index (χ0) is 18.9. The van der Waals surface area contributed by atoms with Crippen LogP contribution >= 0.6 is 11.3 Å². The molecule has 0 spiro atoms. The summed E-state index contributed by atoms with van der Waals surface area (Å²) in [6.45, 7) is 11.7. The molecule has 26 heavy (non-hydrogen) atoms. The van der Waals surface area contributed by atoms with Gasteiger partial charge in [0.1, 0.15) is 0 Å². The van der Waals surface area contributed by atoms with Crippen LogP contribution in [0, 0.1) is 5.92 Å². The number of hydrogen-bond acceptors (Lipinski definition) is 3. The number of amides is 1. The lowest BCUT2D eigenvalue weighted by molar-refractivity contribution is -0.131. The third-order valence-electron chi connectivity index (χ3n) is 4.66. The van der Waals surface area contributed by atoms with Crippen LogP contribution in [0.2, 0.25) is 0 Å². The summed E-state index contributed by atoms with van der Waals surface area (Å²) in [6, 6.07) is 2.52. The van der Waals surface area contributed by atoms with E-state index >= 15 is 0 Å². The van der Waals surface area contributed by atoms with Crippen LogP contribution < -0.4 is 10.6 Å². The predicted octanol–water partition coefficient (Wildman–Crippen LogP) is 3.40. The highest BCUT2D eigenvalue weighted by Gasteiger charge is 2.20. The first-order chi connectivity index (χ1) is 12.5. The van der Waals surface area contributed by atoms with E-state index in [1.54, 1.807) is 11.3 Å². The Morgan fingerprint density at radius 1 is 1.35 bits per heavy atom. The van der Waals surface area contributed by atoms with Gasteiger partial charge in [-0.25, -0.2) is 0 Å². The SMILES string of the molecule is CCNC(=NCCC(=O)N1CCc2sccc2C1)NC(C)CCC(C)C. The molecule has 1 aliphatic heterocycles. The van der Waals surface area contributed by atoms with Crippen molar-refractivity contribution in [3.05, 3.63) is 21.9 Å². The number of thiophene rings is 1. The van der Waals surface area contributed by atoms with Gasteiger partial charge in [-0.15, -0.1) is 11.3 Å². The van der Waals surface area contributed by atoms with Crippen molar-refractivity contribution in [2.24, 2.45) is 10.9 Å². The third-order valence-corrected chi connectivity index (χ3v) is 5.68. The van der Waals surface area contributed by atoms with E-state index in [1.165, 1.54) is 16.9 Å². The van der Waals surface area contributed by atoms with Crippen molar-refractivity contribution in [2.75, 3.05) is 19.6 Å². The Bertz CT molecular complexity index is 596. The summed E-state index contributed by atoms with van der Waals surface area (Å²) in [7, 11) is 0. The minimum atomic E-state index is 0.203. The number of nitrogens with zero attached hydrogens (tertiary/aromatic N) is 2. The van der Waals surface area contributed by atoms with E-state index in [9.17, 15) is 4.79 Å². The molecule has 0 aromatic carbocycles. The van der Waals surface area contributed by atoms with Crippen LogP contribution in [-0.4, -0.2) is 42.4 Å². The highest BCUT2D eigenvalue weighted by atomic mass is 32.1. The summed E-state index contributed by atoms with van der Waals surface area (Å²) >= 11 is 1.80. The zero-order valence-corrected chi connectivity index (χ0v) is 17.5. The lowest BCUT2D eigenvalue weighted by Gasteiger charge is -2.27. The van der Waals surface area contributed by atoms with Crippen LogP contribution in [0.25, 0.3) is 0 Å². The Hall–Kier alpha value is -1.56. The molecule has 0 radical (unpaired) electrons. The fourth-order valence-corrected chi connectivity index (χ4v) is 3.98. The van der Waals surface area contributed by atoms with Crippen LogP contribution in [0.15, 0.2) is 16.4 Å². The first kappa shape index (κ1) is 20.7. The summed E-state index contributed by atoms with van der Waals surface area (Å²) < 4.78 is 0. The van der Waals surface area contributed by atoms with E-state index in [4.69, 9.17) is 0 Å². The summed E-state index contributed by atoms with van der Waals surface area (Å²) in [5.74, 6) is 1.73. The number of nitrogens with one attached hydrogen (secondary N) is 2. The van der Waals surface area contributed by atoms with Gasteiger partial charge in [0.2, 0.25) is 5.91 Å². The van der Waals surface area contributed by atoms with Gasteiger partial charge >= 0.3 is 0 Å². The van der Waals surface area contributed by atoms with Gasteiger partial charge in [-0.3, -0.25) is 9.79 Å². The monoisotopic (exact) mass is 378 g/mol. The number of carbonyl (C=O) groups excluding carboxylic acids is 1. The maximum Gasteiger partial charge on any atom is 0.224 e. The third kappa shape index (κ3) is 6.63. The highest BCUT2D eigenvalue weighted by Crippen LogP contribution is 2.24. The molecule has 6 heteroatoms.